The van der Waals surface area contributed by atoms with Crippen molar-refractivity contribution in [2.24, 2.45) is 5.92 Å². The summed E-state index contributed by atoms with van der Waals surface area (Å²) >= 11 is 0. The molecular weight excluding hydrogens is 364 g/mol. The Morgan fingerprint density at radius 3 is 2.55 bits per heavy atom. The first-order valence-corrected chi connectivity index (χ1v) is 11.2. The summed E-state index contributed by atoms with van der Waals surface area (Å²) < 4.78 is 11.8. The van der Waals surface area contributed by atoms with Crippen molar-refractivity contribution in [3.63, 3.8) is 0 Å². The number of carbonyl (C=O) groups is 1. The highest BCUT2D eigenvalue weighted by Crippen LogP contribution is 2.30. The van der Waals surface area contributed by atoms with Crippen molar-refractivity contribution in [3.8, 4) is 11.5 Å². The number of ether oxygens (including phenoxy) is 2. The van der Waals surface area contributed by atoms with Gasteiger partial charge in [0.15, 0.2) is 0 Å². The predicted octanol–water partition coefficient (Wildman–Crippen LogP) is 4.13. The van der Waals surface area contributed by atoms with Crippen LogP contribution in [0.25, 0.3) is 0 Å². The zero-order valence-corrected chi connectivity index (χ0v) is 17.6. The first-order valence-electron chi connectivity index (χ1n) is 11.2. The number of carbonyl (C=O) groups excluding carboxylic acids is 1. The Kier molecular flexibility index (Phi) is 6.75. The van der Waals surface area contributed by atoms with E-state index in [1.165, 1.54) is 25.8 Å². The Bertz CT molecular complexity index is 719. The van der Waals surface area contributed by atoms with Crippen LogP contribution in [0, 0.1) is 5.92 Å². The normalized spacial score (nSPS) is 23.3. The lowest BCUT2D eigenvalue weighted by Crippen LogP contribution is -2.41. The Morgan fingerprint density at radius 1 is 1.07 bits per heavy atom. The Morgan fingerprint density at radius 2 is 1.86 bits per heavy atom. The minimum Gasteiger partial charge on any atom is -0.497 e. The molecule has 0 unspecified atom stereocenters. The molecule has 1 amide bonds. The third-order valence-electron chi connectivity index (χ3n) is 6.53. The maximum atomic E-state index is 13.0. The van der Waals surface area contributed by atoms with Gasteiger partial charge in [-0.1, -0.05) is 12.2 Å². The molecule has 1 aromatic carbocycles. The third-order valence-corrected chi connectivity index (χ3v) is 6.53. The summed E-state index contributed by atoms with van der Waals surface area (Å²) in [6, 6.07) is 5.60. The number of hydrogen-bond acceptors (Lipinski definition) is 4. The van der Waals surface area contributed by atoms with Gasteiger partial charge in [-0.25, -0.2) is 0 Å². The zero-order valence-electron chi connectivity index (χ0n) is 17.6. The maximum absolute atomic E-state index is 13.0. The topological polar surface area (TPSA) is 42.0 Å². The van der Waals surface area contributed by atoms with E-state index in [0.717, 1.165) is 63.5 Å². The first kappa shape index (κ1) is 20.3. The van der Waals surface area contributed by atoms with Crippen LogP contribution in [0.5, 0.6) is 11.5 Å². The van der Waals surface area contributed by atoms with Gasteiger partial charge in [0.05, 0.1) is 12.7 Å². The quantitative estimate of drug-likeness (QED) is 0.676. The van der Waals surface area contributed by atoms with Gasteiger partial charge >= 0.3 is 0 Å². The predicted molar refractivity (Wildman–Crippen MR) is 115 cm³/mol. The van der Waals surface area contributed by atoms with E-state index in [9.17, 15) is 4.79 Å². The van der Waals surface area contributed by atoms with Gasteiger partial charge in [-0.05, 0) is 63.0 Å². The number of benzene rings is 1. The van der Waals surface area contributed by atoms with Crippen molar-refractivity contribution in [1.29, 1.82) is 0 Å². The summed E-state index contributed by atoms with van der Waals surface area (Å²) in [5, 5.41) is 0. The summed E-state index contributed by atoms with van der Waals surface area (Å²) in [7, 11) is 1.65. The fraction of sp³-hybridized carbons (Fsp3) is 0.625. The van der Waals surface area contributed by atoms with Crippen LogP contribution in [-0.4, -0.2) is 61.6 Å². The smallest absolute Gasteiger partial charge is 0.257 e. The second-order valence-corrected chi connectivity index (χ2v) is 8.63. The molecule has 5 nitrogen and oxygen atoms in total. The molecule has 2 saturated heterocycles. The van der Waals surface area contributed by atoms with Crippen molar-refractivity contribution in [1.82, 2.24) is 9.80 Å². The van der Waals surface area contributed by atoms with Crippen LogP contribution in [0.3, 0.4) is 0 Å². The van der Waals surface area contributed by atoms with E-state index in [-0.39, 0.29) is 12.0 Å². The van der Waals surface area contributed by atoms with E-state index in [4.69, 9.17) is 9.47 Å². The molecule has 2 aliphatic heterocycles. The molecule has 2 heterocycles. The molecule has 1 aromatic rings. The molecular formula is C24H34N2O3. The van der Waals surface area contributed by atoms with Gasteiger partial charge in [0.2, 0.25) is 0 Å². The van der Waals surface area contributed by atoms with Crippen molar-refractivity contribution in [3.05, 3.63) is 35.9 Å². The second-order valence-electron chi connectivity index (χ2n) is 8.63. The Balaban J connectivity index is 1.37. The molecule has 0 N–H and O–H groups in total. The molecule has 0 radical (unpaired) electrons. The number of piperidine rings is 1. The number of likely N-dealkylation sites (tertiary alicyclic amines) is 2. The van der Waals surface area contributed by atoms with Gasteiger partial charge < -0.3 is 19.3 Å². The van der Waals surface area contributed by atoms with Crippen LogP contribution < -0.4 is 9.47 Å². The summed E-state index contributed by atoms with van der Waals surface area (Å²) in [5.41, 5.74) is 0.670. The fourth-order valence-electron chi connectivity index (χ4n) is 4.77. The lowest BCUT2D eigenvalue weighted by molar-refractivity contribution is 0.0756. The lowest BCUT2D eigenvalue weighted by atomic mass is 9.93. The minimum absolute atomic E-state index is 0.0861. The van der Waals surface area contributed by atoms with Gasteiger partial charge in [-0.2, -0.15) is 0 Å². The molecule has 3 aliphatic rings. The molecule has 0 saturated carbocycles. The summed E-state index contributed by atoms with van der Waals surface area (Å²) in [6.45, 7) is 5.04. The number of methoxy groups -OCH3 is 1. The van der Waals surface area contributed by atoms with E-state index in [1.54, 1.807) is 7.11 Å². The van der Waals surface area contributed by atoms with Crippen LogP contribution in [-0.2, 0) is 0 Å². The molecule has 0 bridgehead atoms. The summed E-state index contributed by atoms with van der Waals surface area (Å²) in [6.07, 6.45) is 12.8. The highest BCUT2D eigenvalue weighted by atomic mass is 16.5. The van der Waals surface area contributed by atoms with E-state index in [1.807, 2.05) is 23.1 Å². The fourth-order valence-corrected chi connectivity index (χ4v) is 4.77. The van der Waals surface area contributed by atoms with Crippen molar-refractivity contribution in [2.45, 2.75) is 51.0 Å². The molecule has 0 aromatic heterocycles. The minimum atomic E-state index is 0.0861. The van der Waals surface area contributed by atoms with Gasteiger partial charge in [0, 0.05) is 38.8 Å². The molecule has 29 heavy (non-hydrogen) atoms. The average molecular weight is 399 g/mol. The largest absolute Gasteiger partial charge is 0.497 e. The van der Waals surface area contributed by atoms with Crippen molar-refractivity contribution >= 4 is 5.91 Å². The van der Waals surface area contributed by atoms with Crippen LogP contribution in [0.4, 0.5) is 0 Å². The zero-order chi connectivity index (χ0) is 20.1. The summed E-state index contributed by atoms with van der Waals surface area (Å²) in [5.74, 6) is 2.31. The number of allylic oxidation sites excluding steroid dienone is 2. The van der Waals surface area contributed by atoms with Crippen LogP contribution in [0.1, 0.15) is 55.3 Å². The van der Waals surface area contributed by atoms with Crippen LogP contribution in [0.2, 0.25) is 0 Å². The number of amides is 1. The summed E-state index contributed by atoms with van der Waals surface area (Å²) in [4.78, 5) is 17.5. The average Bonchev–Trinajstić information content (AvgIpc) is 3.30. The SMILES string of the molecule is COc1ccc(C(=O)N2CCCC2)c(OC2CCN(C[C@H]3CC=CCC3)CC2)c1. The van der Waals surface area contributed by atoms with Gasteiger partial charge in [0.1, 0.15) is 17.6 Å². The Hall–Kier alpha value is -2.01. The Labute approximate surface area is 174 Å². The standard InChI is InChI=1S/C24H34N2O3/c1-28-21-9-10-22(24(27)26-13-5-6-14-26)23(17-21)29-20-11-15-25(16-12-20)18-19-7-3-2-4-8-19/h2-3,9-10,17,19-20H,4-8,11-16,18H2,1H3/t19-/m0/s1. The van der Waals surface area contributed by atoms with Crippen LogP contribution >= 0.6 is 0 Å². The van der Waals surface area contributed by atoms with E-state index in [0.29, 0.717) is 11.3 Å². The van der Waals surface area contributed by atoms with Gasteiger partial charge in [-0.15, -0.1) is 0 Å². The van der Waals surface area contributed by atoms with E-state index in [2.05, 4.69) is 17.1 Å². The van der Waals surface area contributed by atoms with Crippen molar-refractivity contribution < 1.29 is 14.3 Å². The van der Waals surface area contributed by atoms with E-state index < -0.39 is 0 Å². The molecule has 1 atom stereocenters. The highest BCUT2D eigenvalue weighted by Gasteiger charge is 2.27. The molecule has 4 rings (SSSR count). The highest BCUT2D eigenvalue weighted by molar-refractivity contribution is 5.97. The number of hydrogen-bond donors (Lipinski definition) is 0. The second kappa shape index (κ2) is 9.66. The van der Waals surface area contributed by atoms with Gasteiger partial charge in [-0.3, -0.25) is 4.79 Å². The third kappa shape index (κ3) is 5.13. The van der Waals surface area contributed by atoms with Crippen molar-refractivity contribution in [2.75, 3.05) is 39.8 Å². The lowest BCUT2D eigenvalue weighted by Gasteiger charge is -2.35. The molecule has 0 spiro atoms. The first-order chi connectivity index (χ1) is 14.2. The van der Waals surface area contributed by atoms with E-state index >= 15 is 0 Å². The maximum Gasteiger partial charge on any atom is 0.257 e. The monoisotopic (exact) mass is 398 g/mol. The molecule has 1 aliphatic carbocycles. The van der Waals surface area contributed by atoms with Crippen LogP contribution in [0.15, 0.2) is 30.4 Å². The number of rotatable bonds is 6. The molecule has 158 valence electrons. The van der Waals surface area contributed by atoms with Gasteiger partial charge in [0.25, 0.3) is 5.91 Å². The molecule has 5 heteroatoms. The number of nitrogens with zero attached hydrogens (tertiary/aromatic N) is 2. The molecule has 2 fully saturated rings.